The van der Waals surface area contributed by atoms with Gasteiger partial charge in [-0.25, -0.2) is 4.79 Å². The molecule has 0 spiro atoms. The Balaban J connectivity index is 1.48. The van der Waals surface area contributed by atoms with Gasteiger partial charge >= 0.3 is 6.09 Å². The maximum Gasteiger partial charge on any atom is 0.414 e. The summed E-state index contributed by atoms with van der Waals surface area (Å²) in [6.45, 7) is 7.08. The minimum absolute atomic E-state index is 0.201. The van der Waals surface area contributed by atoms with Gasteiger partial charge in [-0.3, -0.25) is 4.90 Å². The highest BCUT2D eigenvalue weighted by Crippen LogP contribution is 2.18. The molecular formula is C16H23N2O4+. The van der Waals surface area contributed by atoms with Gasteiger partial charge < -0.3 is 19.1 Å². The van der Waals surface area contributed by atoms with Crippen molar-refractivity contribution < 1.29 is 23.9 Å². The van der Waals surface area contributed by atoms with Gasteiger partial charge in [0.2, 0.25) is 0 Å². The molecule has 2 saturated heterocycles. The molecule has 120 valence electrons. The summed E-state index contributed by atoms with van der Waals surface area (Å²) in [5.74, 6) is 0.843. The van der Waals surface area contributed by atoms with E-state index in [0.717, 1.165) is 37.6 Å². The summed E-state index contributed by atoms with van der Waals surface area (Å²) >= 11 is 0. The Morgan fingerprint density at radius 1 is 1.32 bits per heavy atom. The molecule has 6 nitrogen and oxygen atoms in total. The van der Waals surface area contributed by atoms with Gasteiger partial charge in [0.15, 0.2) is 12.8 Å². The van der Waals surface area contributed by atoms with E-state index < -0.39 is 0 Å². The molecule has 1 aromatic rings. The van der Waals surface area contributed by atoms with Crippen LogP contribution in [0.1, 0.15) is 5.56 Å². The molecule has 0 unspecified atom stereocenters. The maximum absolute atomic E-state index is 11.9. The summed E-state index contributed by atoms with van der Waals surface area (Å²) < 4.78 is 16.5. The lowest BCUT2D eigenvalue weighted by Crippen LogP contribution is -3.15. The van der Waals surface area contributed by atoms with E-state index in [9.17, 15) is 4.79 Å². The number of aryl methyl sites for hydroxylation is 1. The first-order valence-electron chi connectivity index (χ1n) is 7.77. The van der Waals surface area contributed by atoms with Gasteiger partial charge in [-0.05, 0) is 18.6 Å². The molecule has 1 aromatic carbocycles. The molecular weight excluding hydrogens is 284 g/mol. The molecule has 1 amide bonds. The van der Waals surface area contributed by atoms with E-state index in [2.05, 4.69) is 0 Å². The van der Waals surface area contributed by atoms with Gasteiger partial charge in [0.05, 0.1) is 19.8 Å². The van der Waals surface area contributed by atoms with Crippen LogP contribution in [0.15, 0.2) is 24.3 Å². The summed E-state index contributed by atoms with van der Waals surface area (Å²) in [6.07, 6.45) is -0.440. The van der Waals surface area contributed by atoms with Gasteiger partial charge in [0, 0.05) is 0 Å². The number of amides is 1. The highest BCUT2D eigenvalue weighted by atomic mass is 16.6. The first-order valence-corrected chi connectivity index (χ1v) is 7.77. The number of para-hydroxylation sites is 1. The Kier molecular flexibility index (Phi) is 4.80. The van der Waals surface area contributed by atoms with Crippen molar-refractivity contribution in [1.82, 2.24) is 4.90 Å². The van der Waals surface area contributed by atoms with Crippen molar-refractivity contribution in [3.63, 3.8) is 0 Å². The number of benzene rings is 1. The molecule has 3 rings (SSSR count). The average Bonchev–Trinajstić information content (AvgIpc) is 2.88. The molecule has 2 heterocycles. The molecule has 2 fully saturated rings. The van der Waals surface area contributed by atoms with E-state index in [4.69, 9.17) is 14.2 Å². The van der Waals surface area contributed by atoms with Crippen molar-refractivity contribution >= 4 is 6.09 Å². The monoisotopic (exact) mass is 307 g/mol. The number of carbonyl (C=O) groups is 1. The summed E-state index contributed by atoms with van der Waals surface area (Å²) in [5.41, 5.74) is 1.08. The lowest BCUT2D eigenvalue weighted by atomic mass is 10.2. The standard InChI is InChI=1S/C16H22N2O4/c1-13-4-2-3-5-15(13)21-11-14-10-18(16(19)22-14)12-17-6-8-20-9-7-17/h2-5,14H,6-12H2,1H3/p+1/t14-/m0/s1. The molecule has 0 aliphatic carbocycles. The number of quaternary nitrogens is 1. The normalized spacial score (nSPS) is 22.7. The van der Waals surface area contributed by atoms with Crippen LogP contribution in [0.5, 0.6) is 5.75 Å². The van der Waals surface area contributed by atoms with E-state index in [0.29, 0.717) is 19.8 Å². The van der Waals surface area contributed by atoms with E-state index >= 15 is 0 Å². The predicted octanol–water partition coefficient (Wildman–Crippen LogP) is 0.0672. The maximum atomic E-state index is 11.9. The van der Waals surface area contributed by atoms with Crippen LogP contribution in [0.2, 0.25) is 0 Å². The van der Waals surface area contributed by atoms with Gasteiger partial charge in [0.25, 0.3) is 0 Å². The number of nitrogens with zero attached hydrogens (tertiary/aromatic N) is 1. The number of morpholine rings is 1. The first kappa shape index (κ1) is 15.1. The second-order valence-corrected chi connectivity index (χ2v) is 5.83. The van der Waals surface area contributed by atoms with Crippen LogP contribution in [0.4, 0.5) is 4.79 Å². The molecule has 2 aliphatic heterocycles. The van der Waals surface area contributed by atoms with Crippen molar-refractivity contribution in [2.24, 2.45) is 0 Å². The van der Waals surface area contributed by atoms with Crippen LogP contribution in [0.25, 0.3) is 0 Å². The number of cyclic esters (lactones) is 1. The third kappa shape index (κ3) is 3.69. The van der Waals surface area contributed by atoms with Crippen LogP contribution in [0, 0.1) is 6.92 Å². The smallest absolute Gasteiger partial charge is 0.414 e. The second kappa shape index (κ2) is 6.98. The molecule has 0 saturated carbocycles. The third-order valence-corrected chi connectivity index (χ3v) is 4.08. The summed E-state index contributed by atoms with van der Waals surface area (Å²) in [4.78, 5) is 15.1. The molecule has 0 radical (unpaired) electrons. The highest BCUT2D eigenvalue weighted by molar-refractivity contribution is 5.69. The number of carbonyl (C=O) groups excluding carboxylic acids is 1. The number of hydrogen-bond donors (Lipinski definition) is 1. The van der Waals surface area contributed by atoms with E-state index in [1.165, 1.54) is 4.90 Å². The second-order valence-electron chi connectivity index (χ2n) is 5.83. The average molecular weight is 307 g/mol. The number of rotatable bonds is 5. The van der Waals surface area contributed by atoms with Gasteiger partial charge in [-0.1, -0.05) is 18.2 Å². The SMILES string of the molecule is Cc1ccccc1OC[C@@H]1CN(C[NH+]2CCOCC2)C(=O)O1. The van der Waals surface area contributed by atoms with Gasteiger partial charge in [-0.15, -0.1) is 0 Å². The highest BCUT2D eigenvalue weighted by Gasteiger charge is 2.34. The first-order chi connectivity index (χ1) is 10.7. The topological polar surface area (TPSA) is 52.4 Å². The zero-order valence-electron chi connectivity index (χ0n) is 12.9. The Bertz CT molecular complexity index is 517. The Labute approximate surface area is 130 Å². The molecule has 2 aliphatic rings. The summed E-state index contributed by atoms with van der Waals surface area (Å²) in [7, 11) is 0. The third-order valence-electron chi connectivity index (χ3n) is 4.08. The minimum Gasteiger partial charge on any atom is -0.489 e. The molecule has 1 N–H and O–H groups in total. The zero-order valence-corrected chi connectivity index (χ0v) is 12.9. The lowest BCUT2D eigenvalue weighted by Gasteiger charge is -2.26. The van der Waals surface area contributed by atoms with E-state index in [-0.39, 0.29) is 12.2 Å². The van der Waals surface area contributed by atoms with Crippen molar-refractivity contribution in [3.8, 4) is 5.75 Å². The lowest BCUT2D eigenvalue weighted by molar-refractivity contribution is -0.916. The fraction of sp³-hybridized carbons (Fsp3) is 0.562. The van der Waals surface area contributed by atoms with Gasteiger partial charge in [0.1, 0.15) is 25.4 Å². The minimum atomic E-state index is -0.239. The quantitative estimate of drug-likeness (QED) is 0.836. The van der Waals surface area contributed by atoms with Crippen molar-refractivity contribution in [1.29, 1.82) is 0 Å². The van der Waals surface area contributed by atoms with Crippen LogP contribution >= 0.6 is 0 Å². The van der Waals surface area contributed by atoms with Crippen LogP contribution in [-0.2, 0) is 9.47 Å². The van der Waals surface area contributed by atoms with E-state index in [1.807, 2.05) is 31.2 Å². The summed E-state index contributed by atoms with van der Waals surface area (Å²) in [5, 5.41) is 0. The predicted molar refractivity (Wildman–Crippen MR) is 80.0 cm³/mol. The number of ether oxygens (including phenoxy) is 3. The van der Waals surface area contributed by atoms with Crippen LogP contribution in [0.3, 0.4) is 0 Å². The Hall–Kier alpha value is -1.79. The fourth-order valence-electron chi connectivity index (χ4n) is 2.78. The zero-order chi connectivity index (χ0) is 15.4. The van der Waals surface area contributed by atoms with Crippen LogP contribution < -0.4 is 9.64 Å². The van der Waals surface area contributed by atoms with Crippen molar-refractivity contribution in [2.45, 2.75) is 13.0 Å². The number of nitrogens with one attached hydrogen (secondary N) is 1. The fourth-order valence-corrected chi connectivity index (χ4v) is 2.78. The molecule has 0 aromatic heterocycles. The molecule has 22 heavy (non-hydrogen) atoms. The van der Waals surface area contributed by atoms with Crippen molar-refractivity contribution in [3.05, 3.63) is 29.8 Å². The Morgan fingerprint density at radius 2 is 2.09 bits per heavy atom. The molecule has 6 heteroatoms. The Morgan fingerprint density at radius 3 is 2.86 bits per heavy atom. The molecule has 0 bridgehead atoms. The summed E-state index contributed by atoms with van der Waals surface area (Å²) in [6, 6.07) is 7.85. The van der Waals surface area contributed by atoms with Crippen molar-refractivity contribution in [2.75, 3.05) is 46.1 Å². The van der Waals surface area contributed by atoms with Gasteiger partial charge in [-0.2, -0.15) is 0 Å². The number of hydrogen-bond acceptors (Lipinski definition) is 4. The van der Waals surface area contributed by atoms with Crippen LogP contribution in [-0.4, -0.2) is 63.2 Å². The largest absolute Gasteiger partial charge is 0.489 e. The molecule has 1 atom stereocenters. The van der Waals surface area contributed by atoms with E-state index in [1.54, 1.807) is 4.90 Å².